The molecule has 1 aromatic carbocycles. The van der Waals surface area contributed by atoms with E-state index in [9.17, 15) is 13.2 Å². The van der Waals surface area contributed by atoms with E-state index >= 15 is 0 Å². The van der Waals surface area contributed by atoms with E-state index in [1.807, 2.05) is 6.07 Å². The summed E-state index contributed by atoms with van der Waals surface area (Å²) in [4.78, 5) is 3.90. The lowest BCUT2D eigenvalue weighted by Gasteiger charge is -2.04. The first-order valence-electron chi connectivity index (χ1n) is 5.45. The zero-order chi connectivity index (χ0) is 14.6. The molecule has 0 saturated carbocycles. The van der Waals surface area contributed by atoms with Gasteiger partial charge >= 0.3 is 6.18 Å². The summed E-state index contributed by atoms with van der Waals surface area (Å²) >= 11 is 0. The minimum absolute atomic E-state index is 0.00612. The molecule has 0 saturated heterocycles. The van der Waals surface area contributed by atoms with Gasteiger partial charge in [0.1, 0.15) is 13.2 Å². The van der Waals surface area contributed by atoms with Gasteiger partial charge in [-0.25, -0.2) is 0 Å². The van der Waals surface area contributed by atoms with E-state index in [1.54, 1.807) is 18.2 Å². The number of rotatable bonds is 4. The summed E-state index contributed by atoms with van der Waals surface area (Å²) in [6, 6.07) is 8.38. The van der Waals surface area contributed by atoms with E-state index in [-0.39, 0.29) is 11.7 Å². The molecule has 0 aliphatic rings. The first-order chi connectivity index (χ1) is 9.48. The van der Waals surface area contributed by atoms with E-state index in [4.69, 9.17) is 9.78 Å². The van der Waals surface area contributed by atoms with Crippen molar-refractivity contribution in [2.45, 2.75) is 12.8 Å². The normalized spacial score (nSPS) is 11.3. The molecule has 0 aliphatic carbocycles. The molecule has 0 fully saturated rings. The van der Waals surface area contributed by atoms with Crippen LogP contribution >= 0.6 is 0 Å². The fourth-order valence-electron chi connectivity index (χ4n) is 1.41. The highest BCUT2D eigenvalue weighted by Gasteiger charge is 2.27. The molecule has 5 nitrogen and oxygen atoms in total. The van der Waals surface area contributed by atoms with E-state index in [2.05, 4.69) is 14.9 Å². The summed E-state index contributed by atoms with van der Waals surface area (Å²) < 4.78 is 45.0. The lowest BCUT2D eigenvalue weighted by atomic mass is 10.1. The van der Waals surface area contributed by atoms with E-state index in [0.29, 0.717) is 11.1 Å². The molecule has 0 aliphatic heterocycles. The second-order valence-corrected chi connectivity index (χ2v) is 3.82. The third-order valence-corrected chi connectivity index (χ3v) is 2.20. The second-order valence-electron chi connectivity index (χ2n) is 3.82. The van der Waals surface area contributed by atoms with Gasteiger partial charge in [-0.3, -0.25) is 0 Å². The molecule has 20 heavy (non-hydrogen) atoms. The Morgan fingerprint density at radius 2 is 2.15 bits per heavy atom. The maximum atomic E-state index is 11.9. The highest BCUT2D eigenvalue weighted by molar-refractivity contribution is 5.55. The van der Waals surface area contributed by atoms with Gasteiger partial charge in [0, 0.05) is 5.56 Å². The largest absolute Gasteiger partial charge is 0.411 e. The maximum absolute atomic E-state index is 11.9. The molecule has 0 bridgehead atoms. The zero-order valence-electron chi connectivity index (χ0n) is 10.0. The van der Waals surface area contributed by atoms with Crippen molar-refractivity contribution in [1.82, 2.24) is 10.1 Å². The van der Waals surface area contributed by atoms with Crippen LogP contribution in [0.5, 0.6) is 0 Å². The van der Waals surface area contributed by atoms with Crippen molar-refractivity contribution in [2.24, 2.45) is 0 Å². The summed E-state index contributed by atoms with van der Waals surface area (Å²) in [6.45, 7) is -1.78. The van der Waals surface area contributed by atoms with Crippen LogP contribution in [-0.4, -0.2) is 22.9 Å². The average molecular weight is 283 g/mol. The second kappa shape index (κ2) is 5.71. The lowest BCUT2D eigenvalue weighted by Crippen LogP contribution is -2.16. The molecular formula is C12H8F3N3O2. The lowest BCUT2D eigenvalue weighted by molar-refractivity contribution is -0.177. The molecule has 0 atom stereocenters. The van der Waals surface area contributed by atoms with Crippen molar-refractivity contribution in [3.63, 3.8) is 0 Å². The quantitative estimate of drug-likeness (QED) is 0.862. The Balaban J connectivity index is 2.03. The van der Waals surface area contributed by atoms with Crippen LogP contribution in [-0.2, 0) is 11.3 Å². The summed E-state index contributed by atoms with van der Waals surface area (Å²) in [6.07, 6.45) is -4.40. The minimum atomic E-state index is -4.40. The highest BCUT2D eigenvalue weighted by atomic mass is 19.4. The first-order valence-corrected chi connectivity index (χ1v) is 5.45. The van der Waals surface area contributed by atoms with Crippen LogP contribution in [0, 0.1) is 11.3 Å². The molecule has 0 spiro atoms. The molecule has 0 amide bonds. The maximum Gasteiger partial charge on any atom is 0.411 e. The standard InChI is InChI=1S/C12H8F3N3O2/c13-12(14,15)7-19-6-10-17-11(20-18-10)9-3-1-2-8(4-9)5-16/h1-4H,6-7H2. The van der Waals surface area contributed by atoms with Gasteiger partial charge in [0.2, 0.25) is 0 Å². The van der Waals surface area contributed by atoms with Gasteiger partial charge in [0.15, 0.2) is 5.82 Å². The van der Waals surface area contributed by atoms with Gasteiger partial charge in [-0.2, -0.15) is 23.4 Å². The number of halogens is 3. The van der Waals surface area contributed by atoms with E-state index < -0.39 is 19.4 Å². The molecule has 1 aromatic heterocycles. The highest BCUT2D eigenvalue weighted by Crippen LogP contribution is 2.19. The van der Waals surface area contributed by atoms with Gasteiger partial charge in [-0.15, -0.1) is 0 Å². The van der Waals surface area contributed by atoms with Crippen LogP contribution in [0.3, 0.4) is 0 Å². The van der Waals surface area contributed by atoms with Crippen LogP contribution in [0.2, 0.25) is 0 Å². The Morgan fingerprint density at radius 1 is 1.35 bits per heavy atom. The average Bonchev–Trinajstić information content (AvgIpc) is 2.86. The molecule has 8 heteroatoms. The molecule has 0 unspecified atom stereocenters. The van der Waals surface area contributed by atoms with Crippen molar-refractivity contribution in [2.75, 3.05) is 6.61 Å². The van der Waals surface area contributed by atoms with Crippen molar-refractivity contribution >= 4 is 0 Å². The summed E-state index contributed by atoms with van der Waals surface area (Å²) in [5, 5.41) is 12.3. The Hall–Kier alpha value is -2.40. The van der Waals surface area contributed by atoms with Crippen LogP contribution in [0.25, 0.3) is 11.5 Å². The Bertz CT molecular complexity index is 631. The van der Waals surface area contributed by atoms with Gasteiger partial charge in [-0.1, -0.05) is 11.2 Å². The number of alkyl halides is 3. The molecule has 2 aromatic rings. The van der Waals surface area contributed by atoms with Crippen molar-refractivity contribution in [1.29, 1.82) is 5.26 Å². The van der Waals surface area contributed by atoms with Gasteiger partial charge in [0.05, 0.1) is 11.6 Å². The molecule has 104 valence electrons. The summed E-state index contributed by atoms with van der Waals surface area (Å²) in [5.74, 6) is 0.124. The fraction of sp³-hybridized carbons (Fsp3) is 0.250. The van der Waals surface area contributed by atoms with Gasteiger partial charge in [0.25, 0.3) is 5.89 Å². The monoisotopic (exact) mass is 283 g/mol. The number of benzene rings is 1. The number of nitrogens with zero attached hydrogens (tertiary/aromatic N) is 3. The van der Waals surface area contributed by atoms with E-state index in [1.165, 1.54) is 6.07 Å². The third-order valence-electron chi connectivity index (χ3n) is 2.20. The molecule has 2 rings (SSSR count). The van der Waals surface area contributed by atoms with Gasteiger partial charge < -0.3 is 9.26 Å². The number of aromatic nitrogens is 2. The molecule has 1 heterocycles. The van der Waals surface area contributed by atoms with Crippen molar-refractivity contribution in [3.8, 4) is 17.5 Å². The predicted octanol–water partition coefficient (Wildman–Crippen LogP) is 2.69. The summed E-state index contributed by atoms with van der Waals surface area (Å²) in [7, 11) is 0. The van der Waals surface area contributed by atoms with Crippen molar-refractivity contribution in [3.05, 3.63) is 35.7 Å². The summed E-state index contributed by atoms with van der Waals surface area (Å²) in [5.41, 5.74) is 0.925. The Kier molecular flexibility index (Phi) is 4.00. The minimum Gasteiger partial charge on any atom is -0.364 e. The van der Waals surface area contributed by atoms with E-state index in [0.717, 1.165) is 0 Å². The third kappa shape index (κ3) is 3.80. The topological polar surface area (TPSA) is 71.9 Å². The van der Waals surface area contributed by atoms with Crippen LogP contribution in [0.15, 0.2) is 28.8 Å². The smallest absolute Gasteiger partial charge is 0.364 e. The van der Waals surface area contributed by atoms with Crippen LogP contribution in [0.1, 0.15) is 11.4 Å². The SMILES string of the molecule is N#Cc1cccc(-c2nc(COCC(F)(F)F)no2)c1. The number of hydrogen-bond donors (Lipinski definition) is 0. The first kappa shape index (κ1) is 14.0. The zero-order valence-corrected chi connectivity index (χ0v) is 10.0. The predicted molar refractivity (Wildman–Crippen MR) is 60.2 cm³/mol. The number of ether oxygens (including phenoxy) is 1. The fourth-order valence-corrected chi connectivity index (χ4v) is 1.41. The van der Waals surface area contributed by atoms with Crippen molar-refractivity contribution < 1.29 is 22.4 Å². The van der Waals surface area contributed by atoms with Gasteiger partial charge in [-0.05, 0) is 18.2 Å². The Morgan fingerprint density at radius 3 is 2.85 bits per heavy atom. The van der Waals surface area contributed by atoms with Crippen LogP contribution in [0.4, 0.5) is 13.2 Å². The number of hydrogen-bond acceptors (Lipinski definition) is 5. The molecule has 0 radical (unpaired) electrons. The Labute approximate surface area is 111 Å². The van der Waals surface area contributed by atoms with Crippen LogP contribution < -0.4 is 0 Å². The molecule has 0 N–H and O–H groups in total. The number of nitriles is 1. The molecular weight excluding hydrogens is 275 g/mol.